The Morgan fingerprint density at radius 1 is 1.19 bits per heavy atom. The lowest BCUT2D eigenvalue weighted by molar-refractivity contribution is 0.0950. The number of nitrogens with zero attached hydrogens (tertiary/aromatic N) is 2. The van der Waals surface area contributed by atoms with Crippen LogP contribution < -0.4 is 14.9 Å². The molecule has 0 unspecified atom stereocenters. The molecule has 26 heavy (non-hydrogen) atoms. The van der Waals surface area contributed by atoms with Crippen molar-refractivity contribution in [3.8, 4) is 23.0 Å². The van der Waals surface area contributed by atoms with Gasteiger partial charge in [-0.15, -0.1) is 0 Å². The molecule has 0 aliphatic carbocycles. The van der Waals surface area contributed by atoms with E-state index in [1.165, 1.54) is 0 Å². The molecular weight excluding hydrogens is 336 g/mol. The Balaban J connectivity index is 1.72. The molecule has 1 amide bonds. The van der Waals surface area contributed by atoms with Crippen molar-refractivity contribution >= 4 is 11.6 Å². The Bertz CT molecular complexity index is 929. The van der Waals surface area contributed by atoms with E-state index in [1.54, 1.807) is 57.7 Å². The first-order valence-electron chi connectivity index (χ1n) is 7.78. The highest BCUT2D eigenvalue weighted by molar-refractivity contribution is 6.01. The van der Waals surface area contributed by atoms with E-state index in [1.807, 2.05) is 6.07 Å². The number of carbonyl (C=O) groups is 1. The molecule has 0 fully saturated rings. The number of carbonyl (C=O) groups excluding carboxylic acids is 1. The summed E-state index contributed by atoms with van der Waals surface area (Å²) in [5.74, 6) is 1.37. The molecule has 0 aliphatic rings. The molecule has 0 saturated heterocycles. The molecule has 134 valence electrons. The number of hydrogen-bond acceptors (Lipinski definition) is 6. The largest absolute Gasteiger partial charge is 0.493 e. The minimum Gasteiger partial charge on any atom is -0.493 e. The Labute approximate surface area is 149 Å². The van der Waals surface area contributed by atoms with Gasteiger partial charge < -0.3 is 13.9 Å². The highest BCUT2D eigenvalue weighted by atomic mass is 16.5. The van der Waals surface area contributed by atoms with Crippen molar-refractivity contribution in [2.75, 3.05) is 14.2 Å². The molecule has 2 aromatic heterocycles. The van der Waals surface area contributed by atoms with Crippen LogP contribution in [-0.2, 0) is 0 Å². The fraction of sp³-hybridized carbons (Fsp3) is 0.167. The van der Waals surface area contributed by atoms with Gasteiger partial charge in [0.15, 0.2) is 23.0 Å². The van der Waals surface area contributed by atoms with E-state index in [4.69, 9.17) is 13.9 Å². The highest BCUT2D eigenvalue weighted by Gasteiger charge is 2.13. The maximum Gasteiger partial charge on any atom is 0.291 e. The summed E-state index contributed by atoms with van der Waals surface area (Å²) in [5, 5.41) is 10.8. The van der Waals surface area contributed by atoms with E-state index in [2.05, 4.69) is 20.7 Å². The van der Waals surface area contributed by atoms with Gasteiger partial charge in [0.25, 0.3) is 5.91 Å². The van der Waals surface area contributed by atoms with Crippen LogP contribution in [0.4, 0.5) is 0 Å². The maximum atomic E-state index is 12.2. The molecule has 0 saturated carbocycles. The smallest absolute Gasteiger partial charge is 0.291 e. The lowest BCUT2D eigenvalue weighted by Gasteiger charge is -2.09. The second-order valence-corrected chi connectivity index (χ2v) is 5.35. The third kappa shape index (κ3) is 3.59. The van der Waals surface area contributed by atoms with Crippen molar-refractivity contribution < 1.29 is 18.7 Å². The van der Waals surface area contributed by atoms with Crippen molar-refractivity contribution in [1.29, 1.82) is 0 Å². The van der Waals surface area contributed by atoms with E-state index in [0.29, 0.717) is 28.7 Å². The van der Waals surface area contributed by atoms with Gasteiger partial charge in [0, 0.05) is 11.6 Å². The van der Waals surface area contributed by atoms with Crippen LogP contribution in [0.3, 0.4) is 0 Å². The first-order chi connectivity index (χ1) is 12.6. The number of hydrogen-bond donors (Lipinski definition) is 2. The first kappa shape index (κ1) is 17.3. The minimum atomic E-state index is -0.432. The predicted molar refractivity (Wildman–Crippen MR) is 95.5 cm³/mol. The van der Waals surface area contributed by atoms with Crippen molar-refractivity contribution in [2.45, 2.75) is 6.92 Å². The van der Waals surface area contributed by atoms with Crippen LogP contribution in [0.2, 0.25) is 0 Å². The lowest BCUT2D eigenvalue weighted by atomic mass is 10.1. The van der Waals surface area contributed by atoms with Crippen LogP contribution in [-0.4, -0.2) is 36.0 Å². The van der Waals surface area contributed by atoms with E-state index in [-0.39, 0.29) is 5.69 Å². The summed E-state index contributed by atoms with van der Waals surface area (Å²) >= 11 is 0. The zero-order valence-electron chi connectivity index (χ0n) is 14.6. The molecule has 0 aliphatic heterocycles. The predicted octanol–water partition coefficient (Wildman–Crippen LogP) is 2.84. The third-order valence-electron chi connectivity index (χ3n) is 3.72. The van der Waals surface area contributed by atoms with E-state index < -0.39 is 5.91 Å². The number of nitrogens with one attached hydrogen (secondary N) is 2. The molecule has 8 heteroatoms. The molecule has 3 rings (SSSR count). The SMILES string of the molecule is COc1ccc(/C(C)=N\NC(=O)c2cc(-c3ccco3)[nH]n2)cc1OC. The van der Waals surface area contributed by atoms with Crippen LogP contribution in [0.15, 0.2) is 52.2 Å². The second kappa shape index (κ2) is 7.56. The Morgan fingerprint density at radius 2 is 2.00 bits per heavy atom. The normalized spacial score (nSPS) is 11.3. The summed E-state index contributed by atoms with van der Waals surface area (Å²) in [6.07, 6.45) is 1.55. The highest BCUT2D eigenvalue weighted by Crippen LogP contribution is 2.27. The number of methoxy groups -OCH3 is 2. The third-order valence-corrected chi connectivity index (χ3v) is 3.72. The summed E-state index contributed by atoms with van der Waals surface area (Å²) in [6.45, 7) is 1.78. The molecule has 0 bridgehead atoms. The number of aromatic nitrogens is 2. The Morgan fingerprint density at radius 3 is 2.69 bits per heavy atom. The molecular formula is C18H18N4O4. The fourth-order valence-corrected chi connectivity index (χ4v) is 2.31. The monoisotopic (exact) mass is 354 g/mol. The van der Waals surface area contributed by atoms with E-state index >= 15 is 0 Å². The van der Waals surface area contributed by atoms with Crippen LogP contribution >= 0.6 is 0 Å². The summed E-state index contributed by atoms with van der Waals surface area (Å²) in [7, 11) is 3.13. The van der Waals surface area contributed by atoms with Crippen LogP contribution in [0, 0.1) is 0 Å². The summed E-state index contributed by atoms with van der Waals surface area (Å²) in [6, 6.07) is 10.5. The van der Waals surface area contributed by atoms with Gasteiger partial charge in [0.2, 0.25) is 0 Å². The first-order valence-corrected chi connectivity index (χ1v) is 7.78. The van der Waals surface area contributed by atoms with Gasteiger partial charge in [-0.25, -0.2) is 5.43 Å². The summed E-state index contributed by atoms with van der Waals surface area (Å²) in [5.41, 5.74) is 4.71. The number of furan rings is 1. The van der Waals surface area contributed by atoms with Crippen molar-refractivity contribution in [3.05, 3.63) is 53.9 Å². The fourth-order valence-electron chi connectivity index (χ4n) is 2.31. The van der Waals surface area contributed by atoms with Crippen LogP contribution in [0.5, 0.6) is 11.5 Å². The number of amides is 1. The number of hydrazone groups is 1. The topological polar surface area (TPSA) is 102 Å². The molecule has 0 atom stereocenters. The molecule has 2 N–H and O–H groups in total. The second-order valence-electron chi connectivity index (χ2n) is 5.35. The summed E-state index contributed by atoms with van der Waals surface area (Å²) in [4.78, 5) is 12.2. The van der Waals surface area contributed by atoms with Gasteiger partial charge in [-0.1, -0.05) is 0 Å². The van der Waals surface area contributed by atoms with E-state index in [9.17, 15) is 4.79 Å². The molecule has 0 radical (unpaired) electrons. The maximum absolute atomic E-state index is 12.2. The van der Waals surface area contributed by atoms with Gasteiger partial charge in [-0.05, 0) is 37.3 Å². The Hall–Kier alpha value is -3.55. The number of H-pyrrole nitrogens is 1. The van der Waals surface area contributed by atoms with Gasteiger partial charge in [0.05, 0.1) is 26.2 Å². The molecule has 0 spiro atoms. The van der Waals surface area contributed by atoms with Gasteiger partial charge in [0.1, 0.15) is 5.69 Å². The number of aromatic amines is 1. The van der Waals surface area contributed by atoms with Gasteiger partial charge >= 0.3 is 0 Å². The lowest BCUT2D eigenvalue weighted by Crippen LogP contribution is -2.19. The number of ether oxygens (including phenoxy) is 2. The molecule has 2 heterocycles. The quantitative estimate of drug-likeness (QED) is 0.523. The van der Waals surface area contributed by atoms with Gasteiger partial charge in [-0.2, -0.15) is 10.2 Å². The van der Waals surface area contributed by atoms with Crippen molar-refractivity contribution in [3.63, 3.8) is 0 Å². The Kier molecular flexibility index (Phi) is 5.02. The zero-order valence-corrected chi connectivity index (χ0v) is 14.6. The zero-order chi connectivity index (χ0) is 18.5. The number of rotatable bonds is 6. The standard InChI is InChI=1S/C18H18N4O4/c1-11(12-6-7-16(24-2)17(9-12)25-3)19-22-18(23)14-10-13(20-21-14)15-5-4-8-26-15/h4-10H,1-3H3,(H,20,21)(H,22,23)/b19-11-. The molecule has 1 aromatic carbocycles. The van der Waals surface area contributed by atoms with E-state index in [0.717, 1.165) is 5.56 Å². The molecule has 8 nitrogen and oxygen atoms in total. The van der Waals surface area contributed by atoms with Crippen LogP contribution in [0.25, 0.3) is 11.5 Å². The molecule has 3 aromatic rings. The van der Waals surface area contributed by atoms with Crippen LogP contribution in [0.1, 0.15) is 23.0 Å². The van der Waals surface area contributed by atoms with Gasteiger partial charge in [-0.3, -0.25) is 9.89 Å². The average molecular weight is 354 g/mol. The minimum absolute atomic E-state index is 0.209. The number of benzene rings is 1. The summed E-state index contributed by atoms with van der Waals surface area (Å²) < 4.78 is 15.7. The van der Waals surface area contributed by atoms with Crippen molar-refractivity contribution in [1.82, 2.24) is 15.6 Å². The average Bonchev–Trinajstić information content (AvgIpc) is 3.36. The van der Waals surface area contributed by atoms with Crippen molar-refractivity contribution in [2.24, 2.45) is 5.10 Å².